The van der Waals surface area contributed by atoms with Crippen molar-refractivity contribution < 1.29 is 14.7 Å². The van der Waals surface area contributed by atoms with Gasteiger partial charge in [0.2, 0.25) is 0 Å². The van der Waals surface area contributed by atoms with Crippen molar-refractivity contribution in [3.8, 4) is 5.69 Å². The summed E-state index contributed by atoms with van der Waals surface area (Å²) in [5, 5.41) is 24.1. The average molecular weight is 439 g/mol. The first-order valence-electron chi connectivity index (χ1n) is 9.08. The number of benzene rings is 1. The number of amides is 2. The highest BCUT2D eigenvalue weighted by Crippen LogP contribution is 2.29. The maximum Gasteiger partial charge on any atom is 0.253 e. The highest BCUT2D eigenvalue weighted by atomic mass is 35.5. The molecule has 2 atom stereocenters. The Kier molecular flexibility index (Phi) is 6.45. The zero-order valence-corrected chi connectivity index (χ0v) is 17.9. The molecule has 1 aromatic carbocycles. The molecule has 0 aliphatic carbocycles. The number of hydrogen-bond acceptors (Lipinski definition) is 7. The molecule has 29 heavy (non-hydrogen) atoms. The van der Waals surface area contributed by atoms with Crippen LogP contribution in [-0.2, 0) is 16.1 Å². The molecule has 0 spiro atoms. The third-order valence-electron chi connectivity index (χ3n) is 4.54. The molecule has 3 rings (SSSR count). The number of tetrazole rings is 1. The maximum absolute atomic E-state index is 12.8. The van der Waals surface area contributed by atoms with Crippen LogP contribution in [0.5, 0.6) is 0 Å². The lowest BCUT2D eigenvalue weighted by molar-refractivity contribution is -0.148. The predicted molar refractivity (Wildman–Crippen MR) is 109 cm³/mol. The Balaban J connectivity index is 1.71. The Morgan fingerprint density at radius 3 is 2.83 bits per heavy atom. The van der Waals surface area contributed by atoms with E-state index in [1.54, 1.807) is 39.0 Å². The van der Waals surface area contributed by atoms with Crippen molar-refractivity contribution in [2.24, 2.45) is 5.41 Å². The van der Waals surface area contributed by atoms with E-state index in [9.17, 15) is 14.7 Å². The molecule has 156 valence electrons. The molecule has 9 nitrogen and oxygen atoms in total. The lowest BCUT2D eigenvalue weighted by Gasteiger charge is -2.31. The van der Waals surface area contributed by atoms with Gasteiger partial charge in [0, 0.05) is 23.9 Å². The summed E-state index contributed by atoms with van der Waals surface area (Å²) in [6, 6.07) is 5.21. The summed E-state index contributed by atoms with van der Waals surface area (Å²) in [4.78, 5) is 26.9. The molecule has 0 radical (unpaired) electrons. The first-order valence-corrected chi connectivity index (χ1v) is 10.5. The van der Waals surface area contributed by atoms with Crippen molar-refractivity contribution in [1.29, 1.82) is 0 Å². The molecule has 1 fully saturated rings. The summed E-state index contributed by atoms with van der Waals surface area (Å²) < 4.78 is 1.48. The van der Waals surface area contributed by atoms with Gasteiger partial charge >= 0.3 is 0 Å². The number of rotatable bonds is 5. The molecule has 1 aliphatic rings. The molecule has 2 amide bonds. The van der Waals surface area contributed by atoms with Crippen LogP contribution in [0.15, 0.2) is 24.5 Å². The second-order valence-corrected chi connectivity index (χ2v) is 9.39. The Bertz CT molecular complexity index is 886. The Labute approximate surface area is 177 Å². The predicted octanol–water partition coefficient (Wildman–Crippen LogP) is 1.24. The topological polar surface area (TPSA) is 113 Å². The van der Waals surface area contributed by atoms with E-state index in [0.717, 1.165) is 5.56 Å². The molecular formula is C18H23ClN6O3S. The van der Waals surface area contributed by atoms with E-state index in [4.69, 9.17) is 11.6 Å². The third kappa shape index (κ3) is 4.88. The molecular weight excluding hydrogens is 416 g/mol. The summed E-state index contributed by atoms with van der Waals surface area (Å²) in [6.07, 6.45) is 0.284. The first kappa shape index (κ1) is 21.5. The van der Waals surface area contributed by atoms with Crippen LogP contribution >= 0.6 is 23.4 Å². The van der Waals surface area contributed by atoms with Crippen molar-refractivity contribution in [2.75, 3.05) is 12.3 Å². The average Bonchev–Trinajstić information content (AvgIpc) is 3.36. The standard InChI is InChI=1S/C18H23ClN6O3S/c1-18(2,3)14(26)16(28)24-6-7-29-17(24)15(27)20-9-11-8-12(19)4-5-13(11)25-10-21-22-23-25/h4-5,8,10,14,17,26H,6-7,9H2,1-3H3,(H,20,27)/t14-,17-/m0/s1. The van der Waals surface area contributed by atoms with Crippen molar-refractivity contribution in [3.05, 3.63) is 35.1 Å². The van der Waals surface area contributed by atoms with E-state index in [1.165, 1.54) is 27.7 Å². The molecule has 2 aromatic rings. The van der Waals surface area contributed by atoms with Gasteiger partial charge in [-0.15, -0.1) is 16.9 Å². The number of thioether (sulfide) groups is 1. The van der Waals surface area contributed by atoms with E-state index in [2.05, 4.69) is 20.8 Å². The third-order valence-corrected chi connectivity index (χ3v) is 5.98. The monoisotopic (exact) mass is 438 g/mol. The summed E-state index contributed by atoms with van der Waals surface area (Å²) in [6.45, 7) is 5.96. The number of nitrogens with zero attached hydrogens (tertiary/aromatic N) is 5. The van der Waals surface area contributed by atoms with Crippen LogP contribution in [0.25, 0.3) is 5.69 Å². The Morgan fingerprint density at radius 1 is 1.41 bits per heavy atom. The molecule has 11 heteroatoms. The summed E-state index contributed by atoms with van der Waals surface area (Å²) in [5.41, 5.74) is 0.816. The molecule has 1 aliphatic heterocycles. The van der Waals surface area contributed by atoms with Crippen molar-refractivity contribution >= 4 is 35.2 Å². The zero-order chi connectivity index (χ0) is 21.2. The van der Waals surface area contributed by atoms with Crippen LogP contribution in [0.4, 0.5) is 0 Å². The number of carbonyl (C=O) groups excluding carboxylic acids is 2. The second-order valence-electron chi connectivity index (χ2n) is 7.77. The molecule has 1 saturated heterocycles. The lowest BCUT2D eigenvalue weighted by Crippen LogP contribution is -2.51. The number of hydrogen-bond donors (Lipinski definition) is 2. The van der Waals surface area contributed by atoms with Gasteiger partial charge in [-0.25, -0.2) is 4.68 Å². The molecule has 0 bridgehead atoms. The largest absolute Gasteiger partial charge is 0.383 e. The van der Waals surface area contributed by atoms with E-state index in [0.29, 0.717) is 23.0 Å². The quantitative estimate of drug-likeness (QED) is 0.721. The Morgan fingerprint density at radius 2 is 2.17 bits per heavy atom. The zero-order valence-electron chi connectivity index (χ0n) is 16.4. The fourth-order valence-electron chi connectivity index (χ4n) is 2.90. The number of halogens is 1. The van der Waals surface area contributed by atoms with Gasteiger partial charge < -0.3 is 15.3 Å². The fourth-order valence-corrected chi connectivity index (χ4v) is 4.24. The minimum atomic E-state index is -1.17. The SMILES string of the molecule is CC(C)(C)[C@@H](O)C(=O)N1CCS[C@H]1C(=O)NCc1cc(Cl)ccc1-n1cnnn1. The first-order chi connectivity index (χ1) is 13.7. The maximum atomic E-state index is 12.8. The van der Waals surface area contributed by atoms with Gasteiger partial charge in [0.05, 0.1) is 5.69 Å². The molecule has 0 unspecified atom stereocenters. The fraction of sp³-hybridized carbons (Fsp3) is 0.500. The van der Waals surface area contributed by atoms with Crippen LogP contribution in [0.3, 0.4) is 0 Å². The van der Waals surface area contributed by atoms with Gasteiger partial charge in [-0.3, -0.25) is 9.59 Å². The molecule has 0 saturated carbocycles. The van der Waals surface area contributed by atoms with Crippen molar-refractivity contribution in [3.63, 3.8) is 0 Å². The normalized spacial score (nSPS) is 18.0. The smallest absolute Gasteiger partial charge is 0.253 e. The van der Waals surface area contributed by atoms with Crippen molar-refractivity contribution in [1.82, 2.24) is 30.4 Å². The molecule has 1 aromatic heterocycles. The molecule has 2 N–H and O–H groups in total. The van der Waals surface area contributed by atoms with Gasteiger partial charge in [0.15, 0.2) is 5.37 Å². The highest BCUT2D eigenvalue weighted by Gasteiger charge is 2.40. The number of nitrogens with one attached hydrogen (secondary N) is 1. The minimum absolute atomic E-state index is 0.190. The minimum Gasteiger partial charge on any atom is -0.383 e. The van der Waals surface area contributed by atoms with Gasteiger partial charge in [-0.2, -0.15) is 0 Å². The van der Waals surface area contributed by atoms with E-state index in [1.807, 2.05) is 0 Å². The van der Waals surface area contributed by atoms with Crippen LogP contribution in [0.2, 0.25) is 5.02 Å². The summed E-state index contributed by atoms with van der Waals surface area (Å²) in [5.74, 6) is -0.0994. The molecule has 2 heterocycles. The highest BCUT2D eigenvalue weighted by molar-refractivity contribution is 8.00. The summed E-state index contributed by atoms with van der Waals surface area (Å²) in [7, 11) is 0. The summed E-state index contributed by atoms with van der Waals surface area (Å²) >= 11 is 7.48. The van der Waals surface area contributed by atoms with Crippen LogP contribution in [-0.4, -0.2) is 65.8 Å². The van der Waals surface area contributed by atoms with Crippen LogP contribution < -0.4 is 5.32 Å². The number of carbonyl (C=O) groups is 2. The Hall–Kier alpha value is -2.17. The van der Waals surface area contributed by atoms with Gasteiger partial charge in [-0.1, -0.05) is 32.4 Å². The van der Waals surface area contributed by atoms with E-state index < -0.39 is 22.8 Å². The van der Waals surface area contributed by atoms with E-state index in [-0.39, 0.29) is 12.5 Å². The van der Waals surface area contributed by atoms with E-state index >= 15 is 0 Å². The number of aliphatic hydroxyl groups excluding tert-OH is 1. The number of aliphatic hydroxyl groups is 1. The second kappa shape index (κ2) is 8.68. The van der Waals surface area contributed by atoms with Crippen LogP contribution in [0, 0.1) is 5.41 Å². The van der Waals surface area contributed by atoms with Crippen LogP contribution in [0.1, 0.15) is 26.3 Å². The number of aromatic nitrogens is 4. The van der Waals surface area contributed by atoms with Gasteiger partial charge in [0.25, 0.3) is 11.8 Å². The van der Waals surface area contributed by atoms with Crippen molar-refractivity contribution in [2.45, 2.75) is 38.8 Å². The lowest BCUT2D eigenvalue weighted by atomic mass is 9.88. The van der Waals surface area contributed by atoms with Gasteiger partial charge in [-0.05, 0) is 39.6 Å². The van der Waals surface area contributed by atoms with Gasteiger partial charge in [0.1, 0.15) is 12.4 Å².